The number of halogens is 1. The Hall–Kier alpha value is -2.24. The van der Waals surface area contributed by atoms with Gasteiger partial charge in [-0.3, -0.25) is 4.79 Å². The Morgan fingerprint density at radius 3 is 2.65 bits per heavy atom. The molecule has 0 saturated heterocycles. The maximum Gasteiger partial charge on any atom is 0.256 e. The lowest BCUT2D eigenvalue weighted by molar-refractivity contribution is -0.113. The van der Waals surface area contributed by atoms with E-state index >= 15 is 0 Å². The van der Waals surface area contributed by atoms with Gasteiger partial charge in [-0.05, 0) is 55.7 Å². The van der Waals surface area contributed by atoms with Crippen LogP contribution in [0.15, 0.2) is 52.2 Å². The summed E-state index contributed by atoms with van der Waals surface area (Å²) in [5, 5.41) is 3.92. The van der Waals surface area contributed by atoms with Crippen molar-refractivity contribution in [2.45, 2.75) is 26.0 Å². The van der Waals surface area contributed by atoms with Gasteiger partial charge in [0.1, 0.15) is 0 Å². The van der Waals surface area contributed by atoms with Crippen molar-refractivity contribution >= 4 is 35.0 Å². The van der Waals surface area contributed by atoms with Crippen molar-refractivity contribution in [3.63, 3.8) is 0 Å². The second-order valence-electron chi connectivity index (χ2n) is 6.09. The van der Waals surface area contributed by atoms with Crippen LogP contribution in [0, 0.1) is 20.8 Å². The first-order chi connectivity index (χ1) is 12.4. The summed E-state index contributed by atoms with van der Waals surface area (Å²) >= 11 is 7.23. The first-order valence-corrected chi connectivity index (χ1v) is 9.51. The highest BCUT2D eigenvalue weighted by Crippen LogP contribution is 2.27. The lowest BCUT2D eigenvalue weighted by atomic mass is 10.1. The number of thioether (sulfide) groups is 1. The van der Waals surface area contributed by atoms with Crippen LogP contribution >= 0.6 is 23.4 Å². The maximum atomic E-state index is 12.2. The van der Waals surface area contributed by atoms with Crippen LogP contribution in [0.2, 0.25) is 5.02 Å². The number of hydrogen-bond acceptors (Lipinski definition) is 4. The van der Waals surface area contributed by atoms with Crippen LogP contribution < -0.4 is 5.32 Å². The van der Waals surface area contributed by atoms with Crippen LogP contribution in [-0.2, 0) is 4.79 Å². The molecule has 0 bridgehead atoms. The van der Waals surface area contributed by atoms with Crippen LogP contribution in [0.3, 0.4) is 0 Å². The van der Waals surface area contributed by atoms with Crippen molar-refractivity contribution in [1.29, 1.82) is 0 Å². The SMILES string of the molecule is Cc1ccc(-c2cnc(SCC(=O)Nc3cc(Cl)ccc3C)o2)cc1C. The second-order valence-corrected chi connectivity index (χ2v) is 7.45. The van der Waals surface area contributed by atoms with Gasteiger partial charge in [-0.2, -0.15) is 0 Å². The normalized spacial score (nSPS) is 10.8. The molecular formula is C20H19ClN2O2S. The van der Waals surface area contributed by atoms with Crippen LogP contribution in [-0.4, -0.2) is 16.6 Å². The molecule has 4 nitrogen and oxygen atoms in total. The van der Waals surface area contributed by atoms with Gasteiger partial charge in [0.2, 0.25) is 5.91 Å². The van der Waals surface area contributed by atoms with Gasteiger partial charge in [0.25, 0.3) is 5.22 Å². The molecule has 0 aliphatic heterocycles. The molecule has 0 atom stereocenters. The molecule has 0 saturated carbocycles. The van der Waals surface area contributed by atoms with Crippen molar-refractivity contribution in [2.75, 3.05) is 11.1 Å². The third-order valence-corrected chi connectivity index (χ3v) is 5.15. The molecule has 1 N–H and O–H groups in total. The summed E-state index contributed by atoms with van der Waals surface area (Å²) in [6.07, 6.45) is 1.69. The highest BCUT2D eigenvalue weighted by molar-refractivity contribution is 7.99. The number of aromatic nitrogens is 1. The van der Waals surface area contributed by atoms with Gasteiger partial charge in [0, 0.05) is 16.3 Å². The minimum atomic E-state index is -0.133. The van der Waals surface area contributed by atoms with Crippen LogP contribution in [0.4, 0.5) is 5.69 Å². The van der Waals surface area contributed by atoms with Gasteiger partial charge in [0.15, 0.2) is 5.76 Å². The molecule has 0 aliphatic carbocycles. The van der Waals surface area contributed by atoms with E-state index in [4.69, 9.17) is 16.0 Å². The number of carbonyl (C=O) groups excluding carboxylic acids is 1. The Balaban J connectivity index is 1.61. The van der Waals surface area contributed by atoms with Crippen molar-refractivity contribution in [3.05, 3.63) is 64.3 Å². The average molecular weight is 387 g/mol. The monoisotopic (exact) mass is 386 g/mol. The van der Waals surface area contributed by atoms with E-state index in [0.29, 0.717) is 21.7 Å². The molecule has 1 amide bonds. The van der Waals surface area contributed by atoms with E-state index in [0.717, 1.165) is 11.1 Å². The summed E-state index contributed by atoms with van der Waals surface area (Å²) < 4.78 is 5.76. The summed E-state index contributed by atoms with van der Waals surface area (Å²) in [6, 6.07) is 11.5. The van der Waals surface area contributed by atoms with Crippen LogP contribution in [0.5, 0.6) is 0 Å². The molecule has 1 heterocycles. The number of rotatable bonds is 5. The highest BCUT2D eigenvalue weighted by Gasteiger charge is 2.11. The number of aryl methyl sites for hydroxylation is 3. The van der Waals surface area contributed by atoms with Gasteiger partial charge < -0.3 is 9.73 Å². The number of amides is 1. The molecule has 1 aromatic heterocycles. The minimum absolute atomic E-state index is 0.133. The molecule has 3 aromatic rings. The number of nitrogens with zero attached hydrogens (tertiary/aromatic N) is 1. The van der Waals surface area contributed by atoms with Gasteiger partial charge in [-0.25, -0.2) is 4.98 Å². The quantitative estimate of drug-likeness (QED) is 0.575. The summed E-state index contributed by atoms with van der Waals surface area (Å²) in [5.41, 5.74) is 5.08. The topological polar surface area (TPSA) is 55.1 Å². The standard InChI is InChI=1S/C20H19ClN2O2S/c1-12-4-6-15(8-14(12)3)18-10-22-20(25-18)26-11-19(24)23-17-9-16(21)7-5-13(17)2/h4-10H,11H2,1-3H3,(H,23,24). The van der Waals surface area contributed by atoms with Gasteiger partial charge in [-0.1, -0.05) is 41.6 Å². The van der Waals surface area contributed by atoms with E-state index in [1.54, 1.807) is 18.3 Å². The molecule has 3 rings (SSSR count). The fourth-order valence-corrected chi connectivity index (χ4v) is 3.17. The summed E-state index contributed by atoms with van der Waals surface area (Å²) in [7, 11) is 0. The Labute approximate surface area is 162 Å². The fourth-order valence-electron chi connectivity index (χ4n) is 2.40. The van der Waals surface area contributed by atoms with Crippen molar-refractivity contribution in [2.24, 2.45) is 0 Å². The Kier molecular flexibility index (Phi) is 5.69. The third kappa shape index (κ3) is 4.48. The van der Waals surface area contributed by atoms with E-state index < -0.39 is 0 Å². The van der Waals surface area contributed by atoms with E-state index in [1.165, 1.54) is 22.9 Å². The lowest BCUT2D eigenvalue weighted by Crippen LogP contribution is -2.14. The molecule has 0 spiro atoms. The van der Waals surface area contributed by atoms with Crippen LogP contribution in [0.25, 0.3) is 11.3 Å². The summed E-state index contributed by atoms with van der Waals surface area (Å²) in [5.74, 6) is 0.770. The van der Waals surface area contributed by atoms with E-state index in [2.05, 4.69) is 36.3 Å². The fraction of sp³-hybridized carbons (Fsp3) is 0.200. The van der Waals surface area contributed by atoms with Gasteiger partial charge >= 0.3 is 0 Å². The number of oxazole rings is 1. The molecule has 134 valence electrons. The summed E-state index contributed by atoms with van der Waals surface area (Å²) in [6.45, 7) is 6.05. The number of carbonyl (C=O) groups is 1. The molecule has 0 aliphatic rings. The average Bonchev–Trinajstić information content (AvgIpc) is 3.08. The first kappa shape index (κ1) is 18.5. The van der Waals surface area contributed by atoms with Gasteiger partial charge in [0.05, 0.1) is 11.9 Å². The predicted octanol–water partition coefficient (Wildman–Crippen LogP) is 5.65. The zero-order valence-electron chi connectivity index (χ0n) is 14.8. The molecule has 26 heavy (non-hydrogen) atoms. The highest BCUT2D eigenvalue weighted by atomic mass is 35.5. The van der Waals surface area contributed by atoms with E-state index in [9.17, 15) is 4.79 Å². The van der Waals surface area contributed by atoms with Crippen molar-refractivity contribution in [3.8, 4) is 11.3 Å². The van der Waals surface area contributed by atoms with E-state index in [-0.39, 0.29) is 11.7 Å². The molecule has 2 aromatic carbocycles. The van der Waals surface area contributed by atoms with Crippen LogP contribution in [0.1, 0.15) is 16.7 Å². The first-order valence-electron chi connectivity index (χ1n) is 8.14. The Morgan fingerprint density at radius 1 is 1.12 bits per heavy atom. The Morgan fingerprint density at radius 2 is 1.88 bits per heavy atom. The van der Waals surface area contributed by atoms with Crippen molar-refractivity contribution < 1.29 is 9.21 Å². The maximum absolute atomic E-state index is 12.2. The van der Waals surface area contributed by atoms with Gasteiger partial charge in [-0.15, -0.1) is 0 Å². The largest absolute Gasteiger partial charge is 0.431 e. The number of nitrogens with one attached hydrogen (secondary N) is 1. The van der Waals surface area contributed by atoms with E-state index in [1.807, 2.05) is 19.1 Å². The zero-order chi connectivity index (χ0) is 18.7. The third-order valence-electron chi connectivity index (χ3n) is 4.08. The number of anilines is 1. The lowest BCUT2D eigenvalue weighted by Gasteiger charge is -2.08. The number of benzene rings is 2. The van der Waals surface area contributed by atoms with Crippen molar-refractivity contribution in [1.82, 2.24) is 4.98 Å². The molecule has 0 unspecified atom stereocenters. The Bertz CT molecular complexity index is 953. The minimum Gasteiger partial charge on any atom is -0.431 e. The smallest absolute Gasteiger partial charge is 0.256 e. The molecule has 6 heteroatoms. The zero-order valence-corrected chi connectivity index (χ0v) is 16.4. The molecular weight excluding hydrogens is 368 g/mol. The second kappa shape index (κ2) is 7.98. The molecule has 0 radical (unpaired) electrons. The summed E-state index contributed by atoms with van der Waals surface area (Å²) in [4.78, 5) is 16.4. The predicted molar refractivity (Wildman–Crippen MR) is 107 cm³/mol. The molecule has 0 fully saturated rings. The number of hydrogen-bond donors (Lipinski definition) is 1.